The van der Waals surface area contributed by atoms with Crippen LogP contribution in [0, 0.1) is 5.41 Å². The van der Waals surface area contributed by atoms with E-state index in [1.165, 1.54) is 0 Å². The highest BCUT2D eigenvalue weighted by Crippen LogP contribution is 2.30. The van der Waals surface area contributed by atoms with Gasteiger partial charge >= 0.3 is 0 Å². The van der Waals surface area contributed by atoms with Gasteiger partial charge < -0.3 is 5.73 Å². The van der Waals surface area contributed by atoms with Gasteiger partial charge in [0.25, 0.3) is 0 Å². The molecule has 0 amide bonds. The second kappa shape index (κ2) is 5.52. The first-order valence-corrected chi connectivity index (χ1v) is 6.67. The maximum atomic E-state index is 6.16. The lowest BCUT2D eigenvalue weighted by Gasteiger charge is -2.21. The van der Waals surface area contributed by atoms with Crippen molar-refractivity contribution in [2.24, 2.45) is 11.1 Å². The van der Waals surface area contributed by atoms with Crippen LogP contribution in [0.1, 0.15) is 45.2 Å². The Morgan fingerprint density at radius 2 is 2.00 bits per heavy atom. The lowest BCUT2D eigenvalue weighted by molar-refractivity contribution is 0.350. The number of hydrogen-bond donors (Lipinski definition) is 1. The van der Waals surface area contributed by atoms with Gasteiger partial charge in [-0.3, -0.25) is 0 Å². The van der Waals surface area contributed by atoms with Gasteiger partial charge in [0.1, 0.15) is 0 Å². The maximum Gasteiger partial charge on any atom is 0.0464 e. The average molecular weight is 305 g/mol. The fourth-order valence-electron chi connectivity index (χ4n) is 1.55. The first kappa shape index (κ1) is 14.0. The molecule has 0 aliphatic carbocycles. The normalized spacial score (nSPS) is 13.9. The van der Waals surface area contributed by atoms with Crippen LogP contribution in [-0.2, 0) is 0 Å². The fraction of sp³-hybridized carbons (Fsp3) is 0.538. The molecule has 0 saturated carbocycles. The third kappa shape index (κ3) is 4.44. The Kier molecular flexibility index (Phi) is 4.84. The topological polar surface area (TPSA) is 26.0 Å². The molecule has 0 radical (unpaired) electrons. The highest BCUT2D eigenvalue weighted by atomic mass is 79.9. The second-order valence-corrected chi connectivity index (χ2v) is 6.69. The van der Waals surface area contributed by atoms with Crippen molar-refractivity contribution in [1.82, 2.24) is 0 Å². The van der Waals surface area contributed by atoms with E-state index >= 15 is 0 Å². The molecule has 1 atom stereocenters. The molecule has 1 unspecified atom stereocenters. The number of benzene rings is 1. The molecule has 1 aromatic carbocycles. The summed E-state index contributed by atoms with van der Waals surface area (Å²) in [7, 11) is 0. The molecule has 0 aromatic heterocycles. The highest BCUT2D eigenvalue weighted by molar-refractivity contribution is 9.10. The molecule has 1 rings (SSSR count). The van der Waals surface area contributed by atoms with Gasteiger partial charge in [0.05, 0.1) is 0 Å². The Labute approximate surface area is 111 Å². The summed E-state index contributed by atoms with van der Waals surface area (Å²) in [6.45, 7) is 6.68. The Bertz CT molecular complexity index is 357. The van der Waals surface area contributed by atoms with Gasteiger partial charge in [0.15, 0.2) is 0 Å². The van der Waals surface area contributed by atoms with Crippen molar-refractivity contribution in [3.63, 3.8) is 0 Å². The number of rotatable bonds is 3. The maximum absolute atomic E-state index is 6.16. The monoisotopic (exact) mass is 303 g/mol. The molecule has 0 aliphatic rings. The zero-order valence-corrected chi connectivity index (χ0v) is 12.4. The summed E-state index contributed by atoms with van der Waals surface area (Å²) in [4.78, 5) is 0. The van der Waals surface area contributed by atoms with Gasteiger partial charge in [0.2, 0.25) is 0 Å². The molecule has 0 saturated heterocycles. The SMILES string of the molecule is CC(C)(C)CCC(N)c1ccc(Br)cc1Cl. The van der Waals surface area contributed by atoms with Crippen LogP contribution in [0.5, 0.6) is 0 Å². The molecule has 0 bridgehead atoms. The summed E-state index contributed by atoms with van der Waals surface area (Å²) in [5.41, 5.74) is 7.51. The van der Waals surface area contributed by atoms with E-state index in [1.54, 1.807) is 0 Å². The van der Waals surface area contributed by atoms with Gasteiger partial charge in [-0.25, -0.2) is 0 Å². The quantitative estimate of drug-likeness (QED) is 0.842. The van der Waals surface area contributed by atoms with Crippen LogP contribution in [0.25, 0.3) is 0 Å². The van der Waals surface area contributed by atoms with Gasteiger partial charge in [0, 0.05) is 15.5 Å². The Morgan fingerprint density at radius 1 is 1.38 bits per heavy atom. The zero-order valence-electron chi connectivity index (χ0n) is 10.1. The van der Waals surface area contributed by atoms with Gasteiger partial charge in [-0.2, -0.15) is 0 Å². The van der Waals surface area contributed by atoms with Crippen LogP contribution in [0.3, 0.4) is 0 Å². The molecule has 90 valence electrons. The van der Waals surface area contributed by atoms with E-state index in [4.69, 9.17) is 17.3 Å². The number of nitrogens with two attached hydrogens (primary N) is 1. The van der Waals surface area contributed by atoms with Gasteiger partial charge in [-0.1, -0.05) is 54.4 Å². The highest BCUT2D eigenvalue weighted by Gasteiger charge is 2.15. The van der Waals surface area contributed by atoms with Crippen molar-refractivity contribution >= 4 is 27.5 Å². The smallest absolute Gasteiger partial charge is 0.0464 e. The fourth-order valence-corrected chi connectivity index (χ4v) is 2.36. The number of halogens is 2. The summed E-state index contributed by atoms with van der Waals surface area (Å²) in [5.74, 6) is 0. The molecule has 1 aromatic rings. The first-order chi connectivity index (χ1) is 7.29. The third-order valence-electron chi connectivity index (χ3n) is 2.57. The molecular weight excluding hydrogens is 286 g/mol. The van der Waals surface area contributed by atoms with Gasteiger partial charge in [-0.15, -0.1) is 0 Å². The summed E-state index contributed by atoms with van der Waals surface area (Å²) < 4.78 is 0.990. The molecule has 0 heterocycles. The lowest BCUT2D eigenvalue weighted by atomic mass is 9.87. The van der Waals surface area contributed by atoms with Crippen LogP contribution in [0.15, 0.2) is 22.7 Å². The van der Waals surface area contributed by atoms with Crippen LogP contribution in [0.2, 0.25) is 5.02 Å². The summed E-state index contributed by atoms with van der Waals surface area (Å²) in [6.07, 6.45) is 2.06. The number of hydrogen-bond acceptors (Lipinski definition) is 1. The standard InChI is InChI=1S/C13H19BrClN/c1-13(2,3)7-6-12(16)10-5-4-9(14)8-11(10)15/h4-5,8,12H,6-7,16H2,1-3H3. The summed E-state index contributed by atoms with van der Waals surface area (Å²) >= 11 is 9.56. The minimum absolute atomic E-state index is 0.0276. The zero-order chi connectivity index (χ0) is 12.3. The molecule has 0 spiro atoms. The third-order valence-corrected chi connectivity index (χ3v) is 3.39. The minimum Gasteiger partial charge on any atom is -0.324 e. The van der Waals surface area contributed by atoms with Crippen LogP contribution < -0.4 is 5.73 Å². The lowest BCUT2D eigenvalue weighted by Crippen LogP contribution is -2.15. The van der Waals surface area contributed by atoms with E-state index in [1.807, 2.05) is 18.2 Å². The van der Waals surface area contributed by atoms with E-state index < -0.39 is 0 Å². The Hall–Kier alpha value is -0.0500. The molecule has 3 heteroatoms. The van der Waals surface area contributed by atoms with Crippen molar-refractivity contribution in [1.29, 1.82) is 0 Å². The first-order valence-electron chi connectivity index (χ1n) is 5.50. The van der Waals surface area contributed by atoms with Crippen LogP contribution in [-0.4, -0.2) is 0 Å². The Balaban J connectivity index is 2.70. The predicted octanol–water partition coefficient (Wildman–Crippen LogP) is 4.93. The molecule has 2 N–H and O–H groups in total. The summed E-state index contributed by atoms with van der Waals surface area (Å²) in [6, 6.07) is 5.91. The van der Waals surface area contributed by atoms with Gasteiger partial charge in [-0.05, 0) is 36.0 Å². The van der Waals surface area contributed by atoms with E-state index in [-0.39, 0.29) is 6.04 Å². The van der Waals surface area contributed by atoms with Crippen molar-refractivity contribution in [3.8, 4) is 0 Å². The second-order valence-electron chi connectivity index (χ2n) is 5.37. The van der Waals surface area contributed by atoms with E-state index in [2.05, 4.69) is 36.7 Å². The van der Waals surface area contributed by atoms with Crippen LogP contribution >= 0.6 is 27.5 Å². The molecule has 0 fully saturated rings. The van der Waals surface area contributed by atoms with Crippen molar-refractivity contribution in [2.45, 2.75) is 39.7 Å². The van der Waals surface area contributed by atoms with Crippen molar-refractivity contribution in [3.05, 3.63) is 33.3 Å². The molecule has 0 aliphatic heterocycles. The van der Waals surface area contributed by atoms with E-state index in [0.29, 0.717) is 5.41 Å². The van der Waals surface area contributed by atoms with E-state index in [0.717, 1.165) is 27.9 Å². The Morgan fingerprint density at radius 3 is 2.50 bits per heavy atom. The van der Waals surface area contributed by atoms with Crippen LogP contribution in [0.4, 0.5) is 0 Å². The summed E-state index contributed by atoms with van der Waals surface area (Å²) in [5, 5.41) is 0.746. The van der Waals surface area contributed by atoms with Crippen molar-refractivity contribution in [2.75, 3.05) is 0 Å². The van der Waals surface area contributed by atoms with Crippen molar-refractivity contribution < 1.29 is 0 Å². The minimum atomic E-state index is 0.0276. The molecule has 16 heavy (non-hydrogen) atoms. The largest absolute Gasteiger partial charge is 0.324 e. The predicted molar refractivity (Wildman–Crippen MR) is 74.8 cm³/mol. The average Bonchev–Trinajstić information content (AvgIpc) is 2.13. The molecule has 1 nitrogen and oxygen atoms in total. The van der Waals surface area contributed by atoms with E-state index in [9.17, 15) is 0 Å². The molecular formula is C13H19BrClN.